The number of hydrogen-bond donors (Lipinski definition) is 0. The van der Waals surface area contributed by atoms with Crippen molar-refractivity contribution in [3.05, 3.63) is 24.3 Å². The molecule has 0 bridgehead atoms. The quantitative estimate of drug-likeness (QED) is 0.104. The van der Waals surface area contributed by atoms with Crippen molar-refractivity contribution >= 4 is 8.80 Å². The summed E-state index contributed by atoms with van der Waals surface area (Å²) < 4.78 is 0. The van der Waals surface area contributed by atoms with Crippen LogP contribution in [0.15, 0.2) is 24.3 Å². The fourth-order valence-electron chi connectivity index (χ4n) is 3.74. The van der Waals surface area contributed by atoms with Crippen LogP contribution in [0.3, 0.4) is 0 Å². The zero-order valence-corrected chi connectivity index (χ0v) is 20.5. The van der Waals surface area contributed by atoms with Gasteiger partial charge in [-0.05, 0) is 37.8 Å². The molecule has 0 aromatic heterocycles. The molecule has 0 radical (unpaired) electrons. The number of unbranched alkanes of at least 4 members (excludes halogenated alkanes) is 13. The average Bonchev–Trinajstić information content (AvgIpc) is 2.68. The van der Waals surface area contributed by atoms with Crippen LogP contribution in [0.2, 0.25) is 18.1 Å². The average molecular weight is 393 g/mol. The monoisotopic (exact) mass is 392 g/mol. The Labute approximate surface area is 174 Å². The third-order valence-corrected chi connectivity index (χ3v) is 8.79. The van der Waals surface area contributed by atoms with Crippen LogP contribution in [0.4, 0.5) is 0 Å². The van der Waals surface area contributed by atoms with Gasteiger partial charge < -0.3 is 0 Å². The second kappa shape index (κ2) is 23.7. The topological polar surface area (TPSA) is 0 Å². The van der Waals surface area contributed by atoms with Crippen molar-refractivity contribution in [3.8, 4) is 0 Å². The molecule has 0 aliphatic heterocycles. The molecule has 27 heavy (non-hydrogen) atoms. The Hall–Kier alpha value is -0.303. The fraction of sp³-hybridized carbons (Fsp3) is 0.846. The Balaban J connectivity index is 3.96. The Morgan fingerprint density at radius 2 is 0.852 bits per heavy atom. The zero-order valence-electron chi connectivity index (χ0n) is 19.3. The van der Waals surface area contributed by atoms with Crippen LogP contribution in [-0.2, 0) is 0 Å². The van der Waals surface area contributed by atoms with E-state index in [4.69, 9.17) is 0 Å². The Bertz CT molecular complexity index is 296. The van der Waals surface area contributed by atoms with Gasteiger partial charge in [-0.3, -0.25) is 0 Å². The predicted molar refractivity (Wildman–Crippen MR) is 131 cm³/mol. The second-order valence-corrected chi connectivity index (χ2v) is 11.8. The summed E-state index contributed by atoms with van der Waals surface area (Å²) >= 11 is 0. The first kappa shape index (κ1) is 26.7. The molecule has 160 valence electrons. The minimum atomic E-state index is -0.595. The van der Waals surface area contributed by atoms with Gasteiger partial charge in [-0.2, -0.15) is 0 Å². The Morgan fingerprint density at radius 3 is 1.33 bits per heavy atom. The Morgan fingerprint density at radius 1 is 0.444 bits per heavy atom. The van der Waals surface area contributed by atoms with Crippen LogP contribution in [-0.4, -0.2) is 8.80 Å². The maximum absolute atomic E-state index is 2.54. The number of hydrogen-bond acceptors (Lipinski definition) is 0. The molecule has 0 aliphatic rings. The third-order valence-electron chi connectivity index (χ3n) is 5.69. The van der Waals surface area contributed by atoms with Crippen LogP contribution < -0.4 is 0 Å². The summed E-state index contributed by atoms with van der Waals surface area (Å²) in [4.78, 5) is 0. The van der Waals surface area contributed by atoms with E-state index in [1.807, 2.05) is 0 Å². The van der Waals surface area contributed by atoms with E-state index >= 15 is 0 Å². The predicted octanol–water partition coefficient (Wildman–Crippen LogP) is 9.63. The van der Waals surface area contributed by atoms with Crippen molar-refractivity contribution in [2.75, 3.05) is 0 Å². The van der Waals surface area contributed by atoms with Crippen LogP contribution in [0.25, 0.3) is 0 Å². The molecule has 0 N–H and O–H groups in total. The Kier molecular flexibility index (Phi) is 23.5. The molecular weight excluding hydrogens is 340 g/mol. The van der Waals surface area contributed by atoms with Gasteiger partial charge in [0.15, 0.2) is 0 Å². The third kappa shape index (κ3) is 21.9. The lowest BCUT2D eigenvalue weighted by atomic mass is 10.1. The molecule has 0 aliphatic carbocycles. The first-order valence-electron chi connectivity index (χ1n) is 12.6. The normalized spacial score (nSPS) is 12.1. The van der Waals surface area contributed by atoms with Crippen molar-refractivity contribution < 1.29 is 0 Å². The molecule has 0 saturated heterocycles. The van der Waals surface area contributed by atoms with E-state index in [0.29, 0.717) is 0 Å². The summed E-state index contributed by atoms with van der Waals surface area (Å²) in [7, 11) is -0.595. The van der Waals surface area contributed by atoms with Gasteiger partial charge in [0.25, 0.3) is 0 Å². The van der Waals surface area contributed by atoms with Crippen LogP contribution in [0, 0.1) is 0 Å². The van der Waals surface area contributed by atoms with Crippen molar-refractivity contribution in [2.24, 2.45) is 0 Å². The molecule has 0 aromatic rings. The number of rotatable bonds is 21. The standard InChI is InChI=1S/C26H52Si/c1-4-7-10-13-16-17-20-23-26-27(24-21-18-14-11-8-5-2)25-22-19-15-12-9-6-3/h18-19,21-22,27H,4-17,20,23-26H2,1-3H3/b21-18+,22-19+. The highest BCUT2D eigenvalue weighted by atomic mass is 28.3. The first-order valence-corrected chi connectivity index (χ1v) is 15.1. The van der Waals surface area contributed by atoms with Crippen LogP contribution in [0.5, 0.6) is 0 Å². The van der Waals surface area contributed by atoms with Crippen molar-refractivity contribution in [1.82, 2.24) is 0 Å². The molecule has 1 heteroatoms. The summed E-state index contributed by atoms with van der Waals surface area (Å²) in [6.45, 7) is 6.90. The molecule has 0 unspecified atom stereocenters. The lowest BCUT2D eigenvalue weighted by molar-refractivity contribution is 0.584. The van der Waals surface area contributed by atoms with E-state index in [1.54, 1.807) is 6.04 Å². The van der Waals surface area contributed by atoms with Gasteiger partial charge in [-0.25, -0.2) is 0 Å². The van der Waals surface area contributed by atoms with Crippen molar-refractivity contribution in [3.63, 3.8) is 0 Å². The fourth-order valence-corrected chi connectivity index (χ4v) is 6.42. The van der Waals surface area contributed by atoms with Gasteiger partial charge in [0.1, 0.15) is 0 Å². The van der Waals surface area contributed by atoms with Gasteiger partial charge in [0.2, 0.25) is 0 Å². The number of allylic oxidation sites excluding steroid dienone is 4. The molecule has 0 saturated carbocycles. The SMILES string of the molecule is CCCCC/C=C/C[SiH](C/C=C/CCCCC)CCCCCCCCCC. The van der Waals surface area contributed by atoms with Gasteiger partial charge in [0.05, 0.1) is 0 Å². The molecule has 0 spiro atoms. The molecule has 0 nitrogen and oxygen atoms in total. The molecule has 0 rings (SSSR count). The summed E-state index contributed by atoms with van der Waals surface area (Å²) in [5.41, 5.74) is 0. The smallest absolute Gasteiger partial charge is 0.0443 e. The largest absolute Gasteiger partial charge is 0.0914 e. The van der Waals surface area contributed by atoms with Crippen molar-refractivity contribution in [2.45, 2.75) is 142 Å². The summed E-state index contributed by atoms with van der Waals surface area (Å²) in [5, 5.41) is 0. The minimum Gasteiger partial charge on any atom is -0.0914 e. The van der Waals surface area contributed by atoms with E-state index < -0.39 is 8.80 Å². The van der Waals surface area contributed by atoms with Gasteiger partial charge in [-0.15, -0.1) is 0 Å². The van der Waals surface area contributed by atoms with E-state index in [0.717, 1.165) is 0 Å². The molecular formula is C26H52Si. The maximum Gasteiger partial charge on any atom is 0.0443 e. The van der Waals surface area contributed by atoms with Gasteiger partial charge >= 0.3 is 0 Å². The van der Waals surface area contributed by atoms with Crippen LogP contribution >= 0.6 is 0 Å². The van der Waals surface area contributed by atoms with Gasteiger partial charge in [-0.1, -0.05) is 128 Å². The lowest BCUT2D eigenvalue weighted by Gasteiger charge is -2.11. The van der Waals surface area contributed by atoms with Gasteiger partial charge in [0, 0.05) is 8.80 Å². The van der Waals surface area contributed by atoms with E-state index in [1.165, 1.54) is 115 Å². The molecule has 0 fully saturated rings. The van der Waals surface area contributed by atoms with E-state index in [9.17, 15) is 0 Å². The summed E-state index contributed by atoms with van der Waals surface area (Å²) in [6, 6.07) is 4.43. The lowest BCUT2D eigenvalue weighted by Crippen LogP contribution is -2.09. The second-order valence-electron chi connectivity index (χ2n) is 8.54. The van der Waals surface area contributed by atoms with Crippen molar-refractivity contribution in [1.29, 1.82) is 0 Å². The summed E-state index contributed by atoms with van der Waals surface area (Å²) in [5.74, 6) is 0. The molecule has 0 amide bonds. The highest BCUT2D eigenvalue weighted by molar-refractivity contribution is 6.59. The molecule has 0 heterocycles. The zero-order chi connectivity index (χ0) is 19.8. The maximum atomic E-state index is 2.54. The highest BCUT2D eigenvalue weighted by Gasteiger charge is 2.07. The minimum absolute atomic E-state index is 0.595. The van der Waals surface area contributed by atoms with E-state index in [2.05, 4.69) is 45.1 Å². The molecule has 0 aromatic carbocycles. The van der Waals surface area contributed by atoms with Crippen LogP contribution in [0.1, 0.15) is 124 Å². The van der Waals surface area contributed by atoms with E-state index in [-0.39, 0.29) is 0 Å². The summed E-state index contributed by atoms with van der Waals surface area (Å²) in [6.07, 6.45) is 32.5. The first-order chi connectivity index (χ1) is 13.3. The highest BCUT2D eigenvalue weighted by Crippen LogP contribution is 2.16. The molecule has 0 atom stereocenters.